The van der Waals surface area contributed by atoms with Crippen molar-refractivity contribution in [2.45, 2.75) is 24.0 Å². The lowest BCUT2D eigenvalue weighted by atomic mass is 10.1. The molecule has 5 nitrogen and oxygen atoms in total. The number of aromatic nitrogens is 1. The first-order valence-electron chi connectivity index (χ1n) is 5.90. The first-order valence-corrected chi connectivity index (χ1v) is 8.43. The topological polar surface area (TPSA) is 84.3 Å². The van der Waals surface area contributed by atoms with Gasteiger partial charge in [-0.25, -0.2) is 13.2 Å². The number of carbonyl (C=O) groups is 1. The van der Waals surface area contributed by atoms with Crippen molar-refractivity contribution in [2.75, 3.05) is 0 Å². The fraction of sp³-hybridized carbons (Fsp3) is 0.231. The Morgan fingerprint density at radius 3 is 2.70 bits per heavy atom. The zero-order valence-corrected chi connectivity index (χ0v) is 12.4. The number of aromatic carboxylic acids is 1. The van der Waals surface area contributed by atoms with Crippen LogP contribution >= 0.6 is 11.3 Å². The Labute approximate surface area is 120 Å². The second-order valence-corrected chi connectivity index (χ2v) is 7.14. The molecule has 0 aliphatic carbocycles. The highest BCUT2D eigenvalue weighted by molar-refractivity contribution is 7.90. The Kier molecular flexibility index (Phi) is 4.20. The van der Waals surface area contributed by atoms with Gasteiger partial charge in [-0.05, 0) is 24.1 Å². The molecular weight excluding hydrogens is 298 g/mol. The average molecular weight is 311 g/mol. The van der Waals surface area contributed by atoms with Crippen LogP contribution in [0.5, 0.6) is 0 Å². The van der Waals surface area contributed by atoms with E-state index in [-0.39, 0.29) is 16.2 Å². The summed E-state index contributed by atoms with van der Waals surface area (Å²) in [6.07, 6.45) is 2.03. The molecule has 1 heterocycles. The van der Waals surface area contributed by atoms with Crippen molar-refractivity contribution in [1.82, 2.24) is 4.98 Å². The molecule has 0 atom stereocenters. The molecule has 0 saturated carbocycles. The molecule has 0 aliphatic rings. The van der Waals surface area contributed by atoms with Crippen LogP contribution in [0.25, 0.3) is 0 Å². The molecule has 2 rings (SSSR count). The summed E-state index contributed by atoms with van der Waals surface area (Å²) in [5, 5.41) is 8.99. The average Bonchev–Trinajstić information content (AvgIpc) is 2.90. The van der Waals surface area contributed by atoms with Crippen LogP contribution in [0.2, 0.25) is 0 Å². The molecule has 0 unspecified atom stereocenters. The highest BCUT2D eigenvalue weighted by Gasteiger charge is 2.21. The molecule has 0 aliphatic heterocycles. The Morgan fingerprint density at radius 1 is 1.40 bits per heavy atom. The van der Waals surface area contributed by atoms with Gasteiger partial charge < -0.3 is 5.11 Å². The Morgan fingerprint density at radius 2 is 2.15 bits per heavy atom. The van der Waals surface area contributed by atoms with Crippen LogP contribution in [-0.2, 0) is 22.0 Å². The molecule has 106 valence electrons. The van der Waals surface area contributed by atoms with Crippen LogP contribution in [0, 0.1) is 0 Å². The number of hydrogen-bond donors (Lipinski definition) is 1. The quantitative estimate of drug-likeness (QED) is 0.916. The number of carboxylic acid groups (broad SMARTS) is 1. The van der Waals surface area contributed by atoms with Gasteiger partial charge in [-0.3, -0.25) is 4.98 Å². The molecule has 7 heteroatoms. The summed E-state index contributed by atoms with van der Waals surface area (Å²) in [7, 11) is -3.57. The van der Waals surface area contributed by atoms with Gasteiger partial charge in [0.1, 0.15) is 0 Å². The van der Waals surface area contributed by atoms with E-state index in [0.717, 1.165) is 0 Å². The van der Waals surface area contributed by atoms with E-state index in [4.69, 9.17) is 5.11 Å². The lowest BCUT2D eigenvalue weighted by Gasteiger charge is -2.09. The zero-order valence-electron chi connectivity index (χ0n) is 10.7. The molecule has 2 aromatic rings. The summed E-state index contributed by atoms with van der Waals surface area (Å²) < 4.78 is 24.9. The molecular formula is C13H13NO4S2. The lowest BCUT2D eigenvalue weighted by molar-refractivity contribution is 0.0696. The van der Waals surface area contributed by atoms with Crippen molar-refractivity contribution in [3.8, 4) is 0 Å². The Hall–Kier alpha value is -1.73. The molecule has 0 spiro atoms. The third-order valence-electron chi connectivity index (χ3n) is 2.85. The number of rotatable bonds is 5. The highest BCUT2D eigenvalue weighted by atomic mass is 32.2. The fourth-order valence-corrected chi connectivity index (χ4v) is 4.49. The highest BCUT2D eigenvalue weighted by Crippen LogP contribution is 2.24. The number of sulfone groups is 1. The summed E-state index contributed by atoms with van der Waals surface area (Å²) in [6.45, 7) is 1.83. The van der Waals surface area contributed by atoms with E-state index in [9.17, 15) is 13.2 Å². The van der Waals surface area contributed by atoms with Crippen molar-refractivity contribution >= 4 is 27.1 Å². The van der Waals surface area contributed by atoms with Crippen molar-refractivity contribution in [3.05, 3.63) is 45.9 Å². The summed E-state index contributed by atoms with van der Waals surface area (Å²) in [4.78, 5) is 15.6. The molecule has 0 radical (unpaired) electrons. The number of carboxylic acids is 1. The van der Waals surface area contributed by atoms with Crippen LogP contribution < -0.4 is 0 Å². The van der Waals surface area contributed by atoms with Gasteiger partial charge in [0.2, 0.25) is 0 Å². The number of nitrogens with zero attached hydrogens (tertiary/aromatic N) is 1. The van der Waals surface area contributed by atoms with Crippen LogP contribution in [0.15, 0.2) is 34.8 Å². The minimum atomic E-state index is -3.57. The van der Waals surface area contributed by atoms with Crippen LogP contribution in [-0.4, -0.2) is 24.5 Å². The van der Waals surface area contributed by atoms with E-state index in [0.29, 0.717) is 16.9 Å². The molecule has 1 aromatic carbocycles. The van der Waals surface area contributed by atoms with Gasteiger partial charge in [0, 0.05) is 11.1 Å². The number of benzene rings is 1. The van der Waals surface area contributed by atoms with Crippen LogP contribution in [0.3, 0.4) is 0 Å². The first-order chi connectivity index (χ1) is 9.44. The van der Waals surface area contributed by atoms with Crippen LogP contribution in [0.4, 0.5) is 0 Å². The van der Waals surface area contributed by atoms with E-state index in [1.807, 2.05) is 6.92 Å². The maximum Gasteiger partial charge on any atom is 0.335 e. The molecule has 20 heavy (non-hydrogen) atoms. The number of aryl methyl sites for hydroxylation is 1. The smallest absolute Gasteiger partial charge is 0.335 e. The molecule has 0 bridgehead atoms. The normalized spacial score (nSPS) is 11.4. The van der Waals surface area contributed by atoms with Crippen molar-refractivity contribution in [2.24, 2.45) is 0 Å². The van der Waals surface area contributed by atoms with Gasteiger partial charge in [-0.15, -0.1) is 11.3 Å². The standard InChI is InChI=1S/C13H13NO4S2/c1-2-9-3-4-10(13(15)16)5-12(9)20(17,18)7-11-6-14-8-19-11/h3-6,8H,2,7H2,1H3,(H,15,16). The largest absolute Gasteiger partial charge is 0.478 e. The second-order valence-electron chi connectivity index (χ2n) is 4.21. The van der Waals surface area contributed by atoms with Gasteiger partial charge >= 0.3 is 5.97 Å². The second kappa shape index (κ2) is 5.72. The van der Waals surface area contributed by atoms with Crippen molar-refractivity contribution in [1.29, 1.82) is 0 Å². The van der Waals surface area contributed by atoms with Gasteiger partial charge in [-0.1, -0.05) is 13.0 Å². The monoisotopic (exact) mass is 311 g/mol. The van der Waals surface area contributed by atoms with Gasteiger partial charge in [-0.2, -0.15) is 0 Å². The third-order valence-corrected chi connectivity index (χ3v) is 5.55. The summed E-state index contributed by atoms with van der Waals surface area (Å²) in [5.41, 5.74) is 2.17. The molecule has 1 aromatic heterocycles. The lowest BCUT2D eigenvalue weighted by Crippen LogP contribution is -2.09. The van der Waals surface area contributed by atoms with Gasteiger partial charge in [0.05, 0.1) is 21.7 Å². The van der Waals surface area contributed by atoms with Crippen molar-refractivity contribution < 1.29 is 18.3 Å². The molecule has 0 fully saturated rings. The first kappa shape index (κ1) is 14.7. The molecule has 0 saturated heterocycles. The van der Waals surface area contributed by atoms with Crippen LogP contribution in [0.1, 0.15) is 27.7 Å². The number of hydrogen-bond acceptors (Lipinski definition) is 5. The molecule has 1 N–H and O–H groups in total. The van der Waals surface area contributed by atoms with E-state index < -0.39 is 15.8 Å². The minimum Gasteiger partial charge on any atom is -0.478 e. The van der Waals surface area contributed by atoms with E-state index in [1.54, 1.807) is 11.6 Å². The summed E-state index contributed by atoms with van der Waals surface area (Å²) in [5.74, 6) is -1.30. The Bertz CT molecular complexity index is 721. The zero-order chi connectivity index (χ0) is 14.8. The summed E-state index contributed by atoms with van der Waals surface area (Å²) >= 11 is 1.26. The predicted octanol–water partition coefficient (Wildman–Crippen LogP) is 2.38. The van der Waals surface area contributed by atoms with Crippen molar-refractivity contribution in [3.63, 3.8) is 0 Å². The fourth-order valence-electron chi connectivity index (χ4n) is 1.85. The van der Waals surface area contributed by atoms with E-state index in [1.165, 1.54) is 29.7 Å². The van der Waals surface area contributed by atoms with E-state index >= 15 is 0 Å². The summed E-state index contributed by atoms with van der Waals surface area (Å²) in [6, 6.07) is 4.22. The third kappa shape index (κ3) is 3.05. The minimum absolute atomic E-state index is 0.0231. The van der Waals surface area contributed by atoms with E-state index in [2.05, 4.69) is 4.98 Å². The molecule has 0 amide bonds. The SMILES string of the molecule is CCc1ccc(C(=O)O)cc1S(=O)(=O)Cc1cncs1. The van der Waals surface area contributed by atoms with Gasteiger partial charge in [0.25, 0.3) is 0 Å². The number of thiazole rings is 1. The van der Waals surface area contributed by atoms with Gasteiger partial charge in [0.15, 0.2) is 9.84 Å². The Balaban J connectivity index is 2.48. The predicted molar refractivity (Wildman–Crippen MR) is 75.8 cm³/mol. The maximum absolute atomic E-state index is 12.4. The maximum atomic E-state index is 12.4.